The van der Waals surface area contributed by atoms with E-state index in [1.165, 1.54) is 12.4 Å². The Kier molecular flexibility index (Phi) is 6.29. The van der Waals surface area contributed by atoms with Crippen LogP contribution in [0.3, 0.4) is 0 Å². The summed E-state index contributed by atoms with van der Waals surface area (Å²) in [5.41, 5.74) is 1.14. The molecule has 5 rings (SSSR count). The summed E-state index contributed by atoms with van der Waals surface area (Å²) >= 11 is 0. The van der Waals surface area contributed by atoms with Crippen LogP contribution in [0.1, 0.15) is 42.3 Å². The molecule has 0 radical (unpaired) electrons. The fourth-order valence-electron chi connectivity index (χ4n) is 4.84. The number of carbonyl (C=O) groups excluding carboxylic acids is 1. The number of rotatable bonds is 5. The number of hydrogen-bond acceptors (Lipinski definition) is 4. The molecule has 2 aromatic carbocycles. The first kappa shape index (κ1) is 24.1. The summed E-state index contributed by atoms with van der Waals surface area (Å²) in [6, 6.07) is 8.45. The van der Waals surface area contributed by atoms with E-state index in [0.29, 0.717) is 17.3 Å². The molecule has 3 heterocycles. The number of halogens is 4. The van der Waals surface area contributed by atoms with Crippen LogP contribution >= 0.6 is 0 Å². The van der Waals surface area contributed by atoms with Crippen molar-refractivity contribution in [3.8, 4) is 0 Å². The number of piperidine rings is 1. The molecule has 1 amide bonds. The SMILES string of the molecule is CCN1CCC(Nc2ccc3c(c2)C(=C(c2ccc(C(F)(F)F)c(F)c2)c2ncc[nH]2)C(=O)N3)CC1. The number of amides is 1. The van der Waals surface area contributed by atoms with E-state index in [9.17, 15) is 22.4 Å². The van der Waals surface area contributed by atoms with Crippen LogP contribution in [0.2, 0.25) is 0 Å². The normalized spacial score (nSPS) is 18.2. The topological polar surface area (TPSA) is 73.0 Å². The van der Waals surface area contributed by atoms with Crippen molar-refractivity contribution in [2.24, 2.45) is 0 Å². The molecule has 36 heavy (non-hydrogen) atoms. The van der Waals surface area contributed by atoms with Gasteiger partial charge < -0.3 is 20.5 Å². The first-order valence-electron chi connectivity index (χ1n) is 11.8. The van der Waals surface area contributed by atoms with E-state index in [0.717, 1.165) is 50.3 Å². The van der Waals surface area contributed by atoms with Crippen molar-refractivity contribution in [2.45, 2.75) is 32.0 Å². The predicted molar refractivity (Wildman–Crippen MR) is 130 cm³/mol. The number of aromatic amines is 1. The lowest BCUT2D eigenvalue weighted by Gasteiger charge is -2.32. The molecule has 3 aromatic rings. The summed E-state index contributed by atoms with van der Waals surface area (Å²) in [6.07, 6.45) is 0.155. The first-order chi connectivity index (χ1) is 17.2. The monoisotopic (exact) mass is 499 g/mol. The number of likely N-dealkylation sites (tertiary alicyclic amines) is 1. The Bertz CT molecular complexity index is 1310. The van der Waals surface area contributed by atoms with E-state index in [-0.39, 0.29) is 28.6 Å². The molecule has 0 saturated carbocycles. The van der Waals surface area contributed by atoms with Crippen LogP contribution in [-0.4, -0.2) is 46.5 Å². The lowest BCUT2D eigenvalue weighted by Crippen LogP contribution is -2.38. The third-order valence-electron chi connectivity index (χ3n) is 6.72. The van der Waals surface area contributed by atoms with Gasteiger partial charge in [0, 0.05) is 54.0 Å². The summed E-state index contributed by atoms with van der Waals surface area (Å²) in [7, 11) is 0. The van der Waals surface area contributed by atoms with E-state index < -0.39 is 23.5 Å². The number of aromatic nitrogens is 2. The van der Waals surface area contributed by atoms with Gasteiger partial charge in [-0.3, -0.25) is 4.79 Å². The third-order valence-corrected chi connectivity index (χ3v) is 6.72. The highest BCUT2D eigenvalue weighted by atomic mass is 19.4. The molecule has 6 nitrogen and oxygen atoms in total. The smallest absolute Gasteiger partial charge is 0.382 e. The molecule has 0 unspecified atom stereocenters. The van der Waals surface area contributed by atoms with Gasteiger partial charge in [0.1, 0.15) is 11.6 Å². The van der Waals surface area contributed by atoms with Gasteiger partial charge in [-0.2, -0.15) is 13.2 Å². The minimum atomic E-state index is -4.83. The zero-order valence-electron chi connectivity index (χ0n) is 19.5. The molecule has 2 aliphatic heterocycles. The maximum Gasteiger partial charge on any atom is 0.419 e. The molecular formula is C26H25F4N5O. The minimum absolute atomic E-state index is 0.110. The minimum Gasteiger partial charge on any atom is -0.382 e. The van der Waals surface area contributed by atoms with Crippen LogP contribution in [-0.2, 0) is 11.0 Å². The molecule has 1 saturated heterocycles. The zero-order chi connectivity index (χ0) is 25.4. The number of carbonyl (C=O) groups is 1. The van der Waals surface area contributed by atoms with Crippen LogP contribution in [0.5, 0.6) is 0 Å². The van der Waals surface area contributed by atoms with E-state index >= 15 is 0 Å². The molecule has 0 atom stereocenters. The number of benzene rings is 2. The molecule has 0 bridgehead atoms. The average molecular weight is 500 g/mol. The zero-order valence-corrected chi connectivity index (χ0v) is 19.5. The van der Waals surface area contributed by atoms with Crippen LogP contribution in [0, 0.1) is 5.82 Å². The van der Waals surface area contributed by atoms with Crippen LogP contribution in [0.15, 0.2) is 48.8 Å². The number of imidazole rings is 1. The number of fused-ring (bicyclic) bond motifs is 1. The van der Waals surface area contributed by atoms with E-state index in [4.69, 9.17) is 0 Å². The fourth-order valence-corrected chi connectivity index (χ4v) is 4.84. The van der Waals surface area contributed by atoms with Gasteiger partial charge in [-0.15, -0.1) is 0 Å². The van der Waals surface area contributed by atoms with E-state index in [1.807, 2.05) is 12.1 Å². The molecule has 1 aromatic heterocycles. The quantitative estimate of drug-likeness (QED) is 0.326. The van der Waals surface area contributed by atoms with Gasteiger partial charge in [0.2, 0.25) is 0 Å². The Morgan fingerprint density at radius 3 is 2.58 bits per heavy atom. The lowest BCUT2D eigenvalue weighted by molar-refractivity contribution is -0.140. The van der Waals surface area contributed by atoms with Crippen molar-refractivity contribution in [1.29, 1.82) is 0 Å². The molecule has 0 aliphatic carbocycles. The van der Waals surface area contributed by atoms with E-state index in [1.54, 1.807) is 6.07 Å². The van der Waals surface area contributed by atoms with Crippen molar-refractivity contribution >= 4 is 28.4 Å². The number of alkyl halides is 3. The standard InChI is InChI=1S/C26H25F4N5O/c1-2-35-11-7-16(8-12-35)33-17-4-6-21-18(14-17)23(25(36)34-21)22(24-31-9-10-32-24)15-3-5-19(20(27)13-15)26(28,29)30/h3-6,9-10,13-14,16,33H,2,7-8,11-12H2,1H3,(H,31,32)(H,34,36). The summed E-state index contributed by atoms with van der Waals surface area (Å²) in [4.78, 5) is 22.6. The molecule has 10 heteroatoms. The molecule has 1 fully saturated rings. The van der Waals surface area contributed by atoms with Crippen molar-refractivity contribution < 1.29 is 22.4 Å². The Balaban J connectivity index is 1.57. The Morgan fingerprint density at radius 2 is 1.94 bits per heavy atom. The maximum absolute atomic E-state index is 14.5. The number of nitrogens with zero attached hydrogens (tertiary/aromatic N) is 2. The number of anilines is 2. The largest absolute Gasteiger partial charge is 0.419 e. The molecule has 188 valence electrons. The second-order valence-corrected chi connectivity index (χ2v) is 8.95. The average Bonchev–Trinajstić information content (AvgIpc) is 3.48. The van der Waals surface area contributed by atoms with Gasteiger partial charge in [0.05, 0.1) is 11.1 Å². The number of H-pyrrole nitrogens is 1. The van der Waals surface area contributed by atoms with Crippen molar-refractivity contribution in [1.82, 2.24) is 14.9 Å². The lowest BCUT2D eigenvalue weighted by atomic mass is 9.93. The molecule has 3 N–H and O–H groups in total. The van der Waals surface area contributed by atoms with E-state index in [2.05, 4.69) is 32.4 Å². The second-order valence-electron chi connectivity index (χ2n) is 8.95. The summed E-state index contributed by atoms with van der Waals surface area (Å²) in [5, 5.41) is 6.35. The van der Waals surface area contributed by atoms with Gasteiger partial charge >= 0.3 is 6.18 Å². The highest BCUT2D eigenvalue weighted by Gasteiger charge is 2.35. The highest BCUT2D eigenvalue weighted by molar-refractivity contribution is 6.38. The predicted octanol–water partition coefficient (Wildman–Crippen LogP) is 5.38. The Morgan fingerprint density at radius 1 is 1.17 bits per heavy atom. The van der Waals surface area contributed by atoms with Gasteiger partial charge in [0.25, 0.3) is 5.91 Å². The van der Waals surface area contributed by atoms with Crippen LogP contribution in [0.4, 0.5) is 28.9 Å². The van der Waals surface area contributed by atoms with Gasteiger partial charge in [-0.05, 0) is 55.3 Å². The number of nitrogens with one attached hydrogen (secondary N) is 3. The van der Waals surface area contributed by atoms with Gasteiger partial charge in [-0.25, -0.2) is 9.37 Å². The fraction of sp³-hybridized carbons (Fsp3) is 0.308. The van der Waals surface area contributed by atoms with Crippen molar-refractivity contribution in [3.63, 3.8) is 0 Å². The number of hydrogen-bond donors (Lipinski definition) is 3. The Labute approximate surface area is 205 Å². The maximum atomic E-state index is 14.5. The van der Waals surface area contributed by atoms with Crippen molar-refractivity contribution in [3.05, 3.63) is 77.1 Å². The first-order valence-corrected chi connectivity index (χ1v) is 11.8. The summed E-state index contributed by atoms with van der Waals surface area (Å²) < 4.78 is 54.0. The summed E-state index contributed by atoms with van der Waals surface area (Å²) in [5.74, 6) is -1.61. The highest BCUT2D eigenvalue weighted by Crippen LogP contribution is 2.41. The molecule has 2 aliphatic rings. The summed E-state index contributed by atoms with van der Waals surface area (Å²) in [6.45, 7) is 5.18. The second kappa shape index (κ2) is 9.42. The van der Waals surface area contributed by atoms with Crippen LogP contribution in [0.25, 0.3) is 11.1 Å². The Hall–Kier alpha value is -3.66. The van der Waals surface area contributed by atoms with Gasteiger partial charge in [-0.1, -0.05) is 13.0 Å². The molecular weight excluding hydrogens is 474 g/mol. The van der Waals surface area contributed by atoms with Gasteiger partial charge in [0.15, 0.2) is 0 Å². The molecule has 0 spiro atoms. The van der Waals surface area contributed by atoms with Crippen LogP contribution < -0.4 is 10.6 Å². The van der Waals surface area contributed by atoms with Crippen molar-refractivity contribution in [2.75, 3.05) is 30.3 Å². The third kappa shape index (κ3) is 4.60.